The lowest BCUT2D eigenvalue weighted by Gasteiger charge is -2.15. The van der Waals surface area contributed by atoms with Gasteiger partial charge in [-0.2, -0.15) is 0 Å². The Kier molecular flexibility index (Phi) is 2.16. The summed E-state index contributed by atoms with van der Waals surface area (Å²) in [5.74, 6) is 0. The molecule has 3 heteroatoms. The number of nitrogens with one attached hydrogen (secondary N) is 1. The third kappa shape index (κ3) is 1.57. The van der Waals surface area contributed by atoms with Crippen molar-refractivity contribution in [2.24, 2.45) is 0 Å². The summed E-state index contributed by atoms with van der Waals surface area (Å²) >= 11 is 3.41. The Bertz CT molecular complexity index is 468. The average Bonchev–Trinajstić information content (AvgIpc) is 2.45. The molecule has 1 heterocycles. The quantitative estimate of drug-likeness (QED) is 0.805. The molecule has 0 saturated carbocycles. The maximum Gasteiger partial charge on any atom is 0.0861 e. The monoisotopic (exact) mass is 253 g/mol. The average molecular weight is 254 g/mol. The predicted octanol–water partition coefficient (Wildman–Crippen LogP) is 3.16. The molecule has 1 aromatic carbocycles. The van der Waals surface area contributed by atoms with E-state index in [0.29, 0.717) is 0 Å². The molecule has 0 atom stereocenters. The fourth-order valence-corrected chi connectivity index (χ4v) is 1.97. The first-order valence-corrected chi connectivity index (χ1v) is 5.27. The topological polar surface area (TPSA) is 36.0 Å². The van der Waals surface area contributed by atoms with Crippen LogP contribution in [0.2, 0.25) is 0 Å². The van der Waals surface area contributed by atoms with Crippen molar-refractivity contribution in [3.05, 3.63) is 34.4 Å². The normalized spacial score (nSPS) is 12.3. The van der Waals surface area contributed by atoms with Crippen molar-refractivity contribution in [2.45, 2.75) is 19.4 Å². The fraction of sp³-hybridized carbons (Fsp3) is 0.273. The third-order valence-electron chi connectivity index (χ3n) is 2.30. The van der Waals surface area contributed by atoms with Gasteiger partial charge < -0.3 is 10.1 Å². The second kappa shape index (κ2) is 3.11. The highest BCUT2D eigenvalue weighted by Crippen LogP contribution is 2.29. The van der Waals surface area contributed by atoms with E-state index < -0.39 is 5.60 Å². The van der Waals surface area contributed by atoms with E-state index in [0.717, 1.165) is 20.9 Å². The summed E-state index contributed by atoms with van der Waals surface area (Å²) in [7, 11) is 0. The molecule has 2 rings (SSSR count). The predicted molar refractivity (Wildman–Crippen MR) is 61.2 cm³/mol. The molecule has 0 amide bonds. The summed E-state index contributed by atoms with van der Waals surface area (Å²) in [6, 6.07) is 5.99. The van der Waals surface area contributed by atoms with Crippen LogP contribution in [0.15, 0.2) is 28.9 Å². The van der Waals surface area contributed by atoms with Crippen molar-refractivity contribution in [3.63, 3.8) is 0 Å². The summed E-state index contributed by atoms with van der Waals surface area (Å²) in [6.07, 6.45) is 1.86. The molecule has 0 saturated heterocycles. The van der Waals surface area contributed by atoms with E-state index in [1.807, 2.05) is 24.4 Å². The number of hydrogen-bond acceptors (Lipinski definition) is 1. The van der Waals surface area contributed by atoms with Gasteiger partial charge in [-0.25, -0.2) is 0 Å². The number of H-pyrrole nitrogens is 1. The molecule has 74 valence electrons. The molecule has 0 bridgehead atoms. The van der Waals surface area contributed by atoms with E-state index in [2.05, 4.69) is 20.9 Å². The largest absolute Gasteiger partial charge is 0.386 e. The minimum atomic E-state index is -0.800. The molecule has 1 aromatic heterocycles. The van der Waals surface area contributed by atoms with Gasteiger partial charge in [-0.15, -0.1) is 0 Å². The van der Waals surface area contributed by atoms with E-state index in [-0.39, 0.29) is 0 Å². The van der Waals surface area contributed by atoms with Gasteiger partial charge in [-0.3, -0.25) is 0 Å². The summed E-state index contributed by atoms with van der Waals surface area (Å²) < 4.78 is 1.04. The van der Waals surface area contributed by atoms with Gasteiger partial charge in [0, 0.05) is 27.1 Å². The Morgan fingerprint density at radius 1 is 1.36 bits per heavy atom. The first kappa shape index (κ1) is 9.74. The Balaban J connectivity index is 2.70. The second-order valence-corrected chi connectivity index (χ2v) is 4.87. The maximum atomic E-state index is 9.91. The van der Waals surface area contributed by atoms with Crippen LogP contribution in [0.3, 0.4) is 0 Å². The lowest BCUT2D eigenvalue weighted by molar-refractivity contribution is 0.0802. The Morgan fingerprint density at radius 2 is 2.07 bits per heavy atom. The Hall–Kier alpha value is -0.800. The summed E-state index contributed by atoms with van der Waals surface area (Å²) in [4.78, 5) is 3.15. The molecule has 0 unspecified atom stereocenters. The number of aliphatic hydroxyl groups is 1. The van der Waals surface area contributed by atoms with Gasteiger partial charge in [0.05, 0.1) is 5.60 Å². The fourth-order valence-electron chi connectivity index (χ4n) is 1.60. The minimum absolute atomic E-state index is 0.800. The SMILES string of the molecule is CC(C)(O)c1c[nH]c2cc(Br)ccc12. The van der Waals surface area contributed by atoms with Crippen molar-refractivity contribution in [2.75, 3.05) is 0 Å². The van der Waals surface area contributed by atoms with Gasteiger partial charge in [0.2, 0.25) is 0 Å². The maximum absolute atomic E-state index is 9.91. The van der Waals surface area contributed by atoms with Gasteiger partial charge in [0.1, 0.15) is 0 Å². The van der Waals surface area contributed by atoms with Crippen molar-refractivity contribution < 1.29 is 5.11 Å². The lowest BCUT2D eigenvalue weighted by atomic mass is 9.98. The molecular formula is C11H12BrNO. The van der Waals surface area contributed by atoms with Gasteiger partial charge in [-0.05, 0) is 26.0 Å². The number of aromatic amines is 1. The van der Waals surface area contributed by atoms with Gasteiger partial charge in [0.25, 0.3) is 0 Å². The molecule has 0 spiro atoms. The van der Waals surface area contributed by atoms with Crippen LogP contribution < -0.4 is 0 Å². The Morgan fingerprint density at radius 3 is 2.71 bits per heavy atom. The first-order valence-electron chi connectivity index (χ1n) is 4.48. The molecule has 2 N–H and O–H groups in total. The highest BCUT2D eigenvalue weighted by molar-refractivity contribution is 9.10. The highest BCUT2D eigenvalue weighted by Gasteiger charge is 2.19. The van der Waals surface area contributed by atoms with Crippen LogP contribution in [0.1, 0.15) is 19.4 Å². The molecular weight excluding hydrogens is 242 g/mol. The first-order chi connectivity index (χ1) is 6.48. The van der Waals surface area contributed by atoms with Crippen LogP contribution in [0.5, 0.6) is 0 Å². The molecule has 14 heavy (non-hydrogen) atoms. The van der Waals surface area contributed by atoms with Crippen LogP contribution in [0.4, 0.5) is 0 Å². The standard InChI is InChI=1S/C11H12BrNO/c1-11(2,14)9-6-13-10-5-7(12)3-4-8(9)10/h3-6,13-14H,1-2H3. The molecule has 0 aliphatic heterocycles. The molecule has 2 nitrogen and oxygen atoms in total. The molecule has 0 aliphatic carbocycles. The zero-order chi connectivity index (χ0) is 10.3. The van der Waals surface area contributed by atoms with Crippen LogP contribution in [-0.2, 0) is 5.60 Å². The third-order valence-corrected chi connectivity index (χ3v) is 2.80. The van der Waals surface area contributed by atoms with Crippen LogP contribution in [0.25, 0.3) is 10.9 Å². The number of hydrogen-bond donors (Lipinski definition) is 2. The molecule has 2 aromatic rings. The second-order valence-electron chi connectivity index (χ2n) is 3.95. The van der Waals surface area contributed by atoms with Crippen molar-refractivity contribution in [1.82, 2.24) is 4.98 Å². The van der Waals surface area contributed by atoms with Crippen LogP contribution in [-0.4, -0.2) is 10.1 Å². The number of rotatable bonds is 1. The van der Waals surface area contributed by atoms with Crippen molar-refractivity contribution >= 4 is 26.8 Å². The zero-order valence-corrected chi connectivity index (χ0v) is 9.72. The van der Waals surface area contributed by atoms with Crippen LogP contribution >= 0.6 is 15.9 Å². The van der Waals surface area contributed by atoms with Gasteiger partial charge in [0.15, 0.2) is 0 Å². The zero-order valence-electron chi connectivity index (χ0n) is 8.13. The van der Waals surface area contributed by atoms with Crippen molar-refractivity contribution in [1.29, 1.82) is 0 Å². The molecule has 0 radical (unpaired) electrons. The summed E-state index contributed by atoms with van der Waals surface area (Å²) in [5.41, 5.74) is 1.17. The number of benzene rings is 1. The van der Waals surface area contributed by atoms with E-state index in [9.17, 15) is 5.11 Å². The number of fused-ring (bicyclic) bond motifs is 1. The van der Waals surface area contributed by atoms with Crippen LogP contribution in [0, 0.1) is 0 Å². The molecule has 0 aliphatic rings. The van der Waals surface area contributed by atoms with Gasteiger partial charge in [-0.1, -0.05) is 22.0 Å². The van der Waals surface area contributed by atoms with E-state index in [4.69, 9.17) is 0 Å². The summed E-state index contributed by atoms with van der Waals surface area (Å²) in [5, 5.41) is 11.0. The van der Waals surface area contributed by atoms with Crippen molar-refractivity contribution in [3.8, 4) is 0 Å². The van der Waals surface area contributed by atoms with E-state index >= 15 is 0 Å². The smallest absolute Gasteiger partial charge is 0.0861 e. The number of halogens is 1. The Labute approximate surface area is 91.1 Å². The lowest BCUT2D eigenvalue weighted by Crippen LogP contribution is -2.14. The number of aromatic nitrogens is 1. The molecule has 0 fully saturated rings. The van der Waals surface area contributed by atoms with Gasteiger partial charge >= 0.3 is 0 Å². The minimum Gasteiger partial charge on any atom is -0.386 e. The highest BCUT2D eigenvalue weighted by atomic mass is 79.9. The summed E-state index contributed by atoms with van der Waals surface area (Å²) in [6.45, 7) is 3.58. The van der Waals surface area contributed by atoms with E-state index in [1.54, 1.807) is 13.8 Å². The van der Waals surface area contributed by atoms with E-state index in [1.165, 1.54) is 0 Å².